The summed E-state index contributed by atoms with van der Waals surface area (Å²) < 4.78 is 25.9. The molecular formula is C8H19NO3S. The van der Waals surface area contributed by atoms with Crippen molar-refractivity contribution in [2.75, 3.05) is 19.3 Å². The average molecular weight is 209 g/mol. The van der Waals surface area contributed by atoms with Gasteiger partial charge in [-0.05, 0) is 32.9 Å². The molecule has 1 N–H and O–H groups in total. The molecular weight excluding hydrogens is 190 g/mol. The lowest BCUT2D eigenvalue weighted by atomic mass is 10.2. The molecule has 0 aromatic carbocycles. The van der Waals surface area contributed by atoms with Gasteiger partial charge in [0.1, 0.15) is 0 Å². The van der Waals surface area contributed by atoms with Gasteiger partial charge in [0, 0.05) is 6.04 Å². The van der Waals surface area contributed by atoms with Gasteiger partial charge in [0.15, 0.2) is 0 Å². The Morgan fingerprint density at radius 3 is 2.15 bits per heavy atom. The first-order valence-corrected chi connectivity index (χ1v) is 6.36. The van der Waals surface area contributed by atoms with Crippen LogP contribution in [-0.4, -0.2) is 43.3 Å². The fraction of sp³-hybridized carbons (Fsp3) is 1.00. The van der Waals surface area contributed by atoms with E-state index in [1.165, 1.54) is 25.9 Å². The quantitative estimate of drug-likeness (QED) is 0.654. The maximum absolute atomic E-state index is 9.19. The Labute approximate surface area is 80.7 Å². The monoisotopic (exact) mass is 209 g/mol. The molecule has 0 aliphatic carbocycles. The number of hydrogen-bond acceptors (Lipinski definition) is 3. The Kier molecular flexibility index (Phi) is 5.51. The Balaban J connectivity index is 0.000000252. The number of rotatable bonds is 1. The fourth-order valence-electron chi connectivity index (χ4n) is 1.46. The molecule has 1 saturated heterocycles. The van der Waals surface area contributed by atoms with Gasteiger partial charge in [0.2, 0.25) is 0 Å². The Morgan fingerprint density at radius 2 is 2.00 bits per heavy atom. The zero-order valence-corrected chi connectivity index (χ0v) is 9.34. The van der Waals surface area contributed by atoms with Crippen LogP contribution in [0, 0.1) is 0 Å². The Morgan fingerprint density at radius 1 is 1.54 bits per heavy atom. The highest BCUT2D eigenvalue weighted by atomic mass is 32.2. The highest BCUT2D eigenvalue weighted by Gasteiger charge is 2.16. The number of nitrogens with zero attached hydrogens (tertiary/aromatic N) is 1. The van der Waals surface area contributed by atoms with Crippen molar-refractivity contribution in [3.05, 3.63) is 0 Å². The van der Waals surface area contributed by atoms with E-state index >= 15 is 0 Å². The van der Waals surface area contributed by atoms with Crippen LogP contribution < -0.4 is 0 Å². The molecule has 1 rings (SSSR count). The van der Waals surface area contributed by atoms with Crippen molar-refractivity contribution < 1.29 is 13.0 Å². The molecule has 5 heteroatoms. The van der Waals surface area contributed by atoms with Crippen LogP contribution in [0.3, 0.4) is 0 Å². The topological polar surface area (TPSA) is 57.6 Å². The summed E-state index contributed by atoms with van der Waals surface area (Å²) in [7, 11) is -3.67. The predicted molar refractivity (Wildman–Crippen MR) is 53.4 cm³/mol. The van der Waals surface area contributed by atoms with Gasteiger partial charge >= 0.3 is 0 Å². The summed E-state index contributed by atoms with van der Waals surface area (Å²) in [6.45, 7) is 7.12. The maximum Gasteiger partial charge on any atom is 0.261 e. The van der Waals surface area contributed by atoms with Crippen molar-refractivity contribution in [3.8, 4) is 0 Å². The molecule has 13 heavy (non-hydrogen) atoms. The summed E-state index contributed by atoms with van der Waals surface area (Å²) in [6, 6.07) is 0.861. The maximum atomic E-state index is 9.19. The minimum atomic E-state index is -3.67. The summed E-state index contributed by atoms with van der Waals surface area (Å²) in [5.74, 6) is 0. The summed E-state index contributed by atoms with van der Waals surface area (Å²) in [5, 5.41) is 0. The SMILES string of the molecule is CCN1CCCC1C.CS(=O)(=O)O. The van der Waals surface area contributed by atoms with Crippen LogP contribution >= 0.6 is 0 Å². The molecule has 1 heterocycles. The van der Waals surface area contributed by atoms with Gasteiger partial charge < -0.3 is 4.90 Å². The summed E-state index contributed by atoms with van der Waals surface area (Å²) in [5.41, 5.74) is 0. The van der Waals surface area contributed by atoms with Gasteiger partial charge in [0.05, 0.1) is 6.26 Å². The molecule has 1 unspecified atom stereocenters. The highest BCUT2D eigenvalue weighted by Crippen LogP contribution is 2.14. The van der Waals surface area contributed by atoms with Crippen molar-refractivity contribution in [2.24, 2.45) is 0 Å². The first-order chi connectivity index (χ1) is 5.84. The zero-order valence-electron chi connectivity index (χ0n) is 8.52. The second kappa shape index (κ2) is 5.57. The van der Waals surface area contributed by atoms with Gasteiger partial charge in [-0.15, -0.1) is 0 Å². The lowest BCUT2D eigenvalue weighted by molar-refractivity contribution is 0.284. The third-order valence-electron chi connectivity index (χ3n) is 2.10. The molecule has 0 aromatic heterocycles. The van der Waals surface area contributed by atoms with E-state index in [9.17, 15) is 8.42 Å². The standard InChI is InChI=1S/C7H15N.CH4O3S/c1-3-8-6-4-5-7(8)2;1-5(2,3)4/h7H,3-6H2,1-2H3;1H3,(H,2,3,4). The Bertz CT molecular complexity index is 218. The van der Waals surface area contributed by atoms with Crippen LogP contribution in [0.2, 0.25) is 0 Å². The lowest BCUT2D eigenvalue weighted by Crippen LogP contribution is -2.25. The largest absolute Gasteiger partial charge is 0.301 e. The smallest absolute Gasteiger partial charge is 0.261 e. The highest BCUT2D eigenvalue weighted by molar-refractivity contribution is 7.85. The van der Waals surface area contributed by atoms with Crippen LogP contribution in [0.1, 0.15) is 26.7 Å². The Hall–Kier alpha value is -0.130. The van der Waals surface area contributed by atoms with Gasteiger partial charge in [-0.2, -0.15) is 8.42 Å². The third kappa shape index (κ3) is 8.21. The lowest BCUT2D eigenvalue weighted by Gasteiger charge is -2.17. The van der Waals surface area contributed by atoms with Crippen LogP contribution in [0.25, 0.3) is 0 Å². The van der Waals surface area contributed by atoms with E-state index in [1.54, 1.807) is 0 Å². The van der Waals surface area contributed by atoms with Crippen LogP contribution in [0.5, 0.6) is 0 Å². The summed E-state index contributed by atoms with van der Waals surface area (Å²) in [4.78, 5) is 2.53. The molecule has 0 spiro atoms. The predicted octanol–water partition coefficient (Wildman–Crippen LogP) is 0.995. The molecule has 0 aromatic rings. The summed E-state index contributed by atoms with van der Waals surface area (Å²) >= 11 is 0. The fourth-order valence-corrected chi connectivity index (χ4v) is 1.46. The van der Waals surface area contributed by atoms with Crippen LogP contribution in [-0.2, 0) is 10.1 Å². The van der Waals surface area contributed by atoms with Crippen molar-refractivity contribution in [3.63, 3.8) is 0 Å². The molecule has 1 aliphatic rings. The normalized spacial score (nSPS) is 23.8. The summed E-state index contributed by atoms with van der Waals surface area (Å²) in [6.07, 6.45) is 3.54. The molecule has 1 fully saturated rings. The van der Waals surface area contributed by atoms with E-state index < -0.39 is 10.1 Å². The van der Waals surface area contributed by atoms with Gasteiger partial charge in [-0.25, -0.2) is 0 Å². The first kappa shape index (κ1) is 12.9. The van der Waals surface area contributed by atoms with Crippen molar-refractivity contribution in [2.45, 2.75) is 32.7 Å². The van der Waals surface area contributed by atoms with E-state index in [1.807, 2.05) is 0 Å². The second-order valence-electron chi connectivity index (χ2n) is 3.35. The molecule has 0 bridgehead atoms. The van der Waals surface area contributed by atoms with Crippen LogP contribution in [0.15, 0.2) is 0 Å². The number of likely N-dealkylation sites (tertiary alicyclic amines) is 1. The molecule has 0 amide bonds. The molecule has 4 nitrogen and oxygen atoms in total. The van der Waals surface area contributed by atoms with Gasteiger partial charge in [-0.1, -0.05) is 6.92 Å². The van der Waals surface area contributed by atoms with Crippen molar-refractivity contribution in [1.82, 2.24) is 4.90 Å². The third-order valence-corrected chi connectivity index (χ3v) is 2.10. The van der Waals surface area contributed by atoms with E-state index in [-0.39, 0.29) is 0 Å². The van der Waals surface area contributed by atoms with E-state index in [2.05, 4.69) is 18.7 Å². The van der Waals surface area contributed by atoms with Crippen molar-refractivity contribution in [1.29, 1.82) is 0 Å². The molecule has 0 saturated carbocycles. The molecule has 1 atom stereocenters. The minimum absolute atomic E-state index is 0.715. The average Bonchev–Trinajstić information content (AvgIpc) is 2.31. The minimum Gasteiger partial charge on any atom is -0.301 e. The van der Waals surface area contributed by atoms with Gasteiger partial charge in [0.25, 0.3) is 10.1 Å². The zero-order chi connectivity index (χ0) is 10.5. The second-order valence-corrected chi connectivity index (χ2v) is 4.82. The number of hydrogen-bond donors (Lipinski definition) is 1. The molecule has 0 radical (unpaired) electrons. The molecule has 1 aliphatic heterocycles. The van der Waals surface area contributed by atoms with E-state index in [0.29, 0.717) is 6.26 Å². The molecule has 80 valence electrons. The van der Waals surface area contributed by atoms with Crippen molar-refractivity contribution >= 4 is 10.1 Å². The first-order valence-electron chi connectivity index (χ1n) is 4.51. The van der Waals surface area contributed by atoms with Gasteiger partial charge in [-0.3, -0.25) is 4.55 Å². The van der Waals surface area contributed by atoms with E-state index in [0.717, 1.165) is 6.04 Å². The van der Waals surface area contributed by atoms with E-state index in [4.69, 9.17) is 4.55 Å². The van der Waals surface area contributed by atoms with Crippen LogP contribution in [0.4, 0.5) is 0 Å².